The quantitative estimate of drug-likeness (QED) is 0.880. The number of nitrogens with zero attached hydrogens (tertiary/aromatic N) is 1. The number of rotatable bonds is 3. The maximum atomic E-state index is 13.0. The number of carboxylic acid groups (broad SMARTS) is 1. The maximum Gasteiger partial charge on any atom is 0.309 e. The number of hydrogen-bond acceptors (Lipinski definition) is 2. The Kier molecular flexibility index (Phi) is 3.11. The zero-order valence-corrected chi connectivity index (χ0v) is 9.36. The van der Waals surface area contributed by atoms with Crippen LogP contribution in [0.2, 0.25) is 0 Å². The van der Waals surface area contributed by atoms with E-state index >= 15 is 0 Å². The van der Waals surface area contributed by atoms with Crippen LogP contribution in [0.3, 0.4) is 0 Å². The number of likely N-dealkylation sites (tertiary alicyclic amines) is 1. The fraction of sp³-hybridized carbons (Fsp3) is 0.417. The minimum Gasteiger partial charge on any atom is -0.481 e. The first kappa shape index (κ1) is 12.0. The lowest BCUT2D eigenvalue weighted by Gasteiger charge is -2.41. The van der Waals surface area contributed by atoms with Crippen molar-refractivity contribution in [3.05, 3.63) is 35.4 Å². The van der Waals surface area contributed by atoms with Crippen molar-refractivity contribution in [1.29, 1.82) is 0 Å². The van der Waals surface area contributed by atoms with Gasteiger partial charge >= 0.3 is 5.97 Å². The summed E-state index contributed by atoms with van der Waals surface area (Å²) in [5.41, 5.74) is 0.660. The highest BCUT2D eigenvalue weighted by Crippen LogP contribution is 2.29. The predicted molar refractivity (Wildman–Crippen MR) is 57.5 cm³/mol. The van der Waals surface area contributed by atoms with Gasteiger partial charge in [0.25, 0.3) is 0 Å². The molecule has 0 spiro atoms. The molecule has 0 radical (unpaired) electrons. The molecule has 1 aliphatic rings. The number of aliphatic carboxylic acids is 1. The minimum atomic E-state index is -0.871. The van der Waals surface area contributed by atoms with Crippen molar-refractivity contribution in [2.75, 3.05) is 13.1 Å². The van der Waals surface area contributed by atoms with Gasteiger partial charge in [0.2, 0.25) is 0 Å². The van der Waals surface area contributed by atoms with Gasteiger partial charge in [0.1, 0.15) is 0 Å². The van der Waals surface area contributed by atoms with Crippen LogP contribution in [-0.2, 0) is 4.79 Å². The average molecular weight is 241 g/mol. The van der Waals surface area contributed by atoms with Crippen molar-refractivity contribution < 1.29 is 18.7 Å². The summed E-state index contributed by atoms with van der Waals surface area (Å²) in [4.78, 5) is 12.6. The molecule has 1 fully saturated rings. The van der Waals surface area contributed by atoms with Gasteiger partial charge in [-0.25, -0.2) is 8.78 Å². The molecule has 1 atom stereocenters. The first-order chi connectivity index (χ1) is 7.99. The molecule has 92 valence electrons. The smallest absolute Gasteiger partial charge is 0.309 e. The first-order valence-electron chi connectivity index (χ1n) is 5.41. The van der Waals surface area contributed by atoms with E-state index in [0.29, 0.717) is 18.7 Å². The van der Waals surface area contributed by atoms with Gasteiger partial charge in [-0.1, -0.05) is 6.07 Å². The lowest BCUT2D eigenvalue weighted by molar-refractivity contribution is -0.148. The summed E-state index contributed by atoms with van der Waals surface area (Å²) in [6.45, 7) is 2.76. The number of carbonyl (C=O) groups is 1. The molecule has 1 aromatic rings. The highest BCUT2D eigenvalue weighted by Gasteiger charge is 2.35. The lowest BCUT2D eigenvalue weighted by atomic mass is 9.95. The van der Waals surface area contributed by atoms with Crippen molar-refractivity contribution in [2.24, 2.45) is 5.92 Å². The number of hydrogen-bond donors (Lipinski definition) is 1. The summed E-state index contributed by atoms with van der Waals surface area (Å²) >= 11 is 0. The van der Waals surface area contributed by atoms with Crippen LogP contribution in [-0.4, -0.2) is 29.1 Å². The molecule has 0 saturated carbocycles. The third-order valence-electron chi connectivity index (χ3n) is 3.23. The molecule has 0 amide bonds. The monoisotopic (exact) mass is 241 g/mol. The predicted octanol–water partition coefficient (Wildman–Crippen LogP) is 2.04. The summed E-state index contributed by atoms with van der Waals surface area (Å²) in [7, 11) is 0. The van der Waals surface area contributed by atoms with Crippen LogP contribution in [0, 0.1) is 17.6 Å². The second kappa shape index (κ2) is 4.41. The molecule has 5 heteroatoms. The summed E-state index contributed by atoms with van der Waals surface area (Å²) in [6, 6.07) is 3.68. The molecule has 1 aromatic carbocycles. The van der Waals surface area contributed by atoms with Crippen LogP contribution in [0.5, 0.6) is 0 Å². The summed E-state index contributed by atoms with van der Waals surface area (Å²) in [5, 5.41) is 8.75. The second-order valence-electron chi connectivity index (χ2n) is 4.34. The summed E-state index contributed by atoms with van der Waals surface area (Å²) in [5.74, 6) is -2.89. The van der Waals surface area contributed by atoms with E-state index < -0.39 is 17.6 Å². The second-order valence-corrected chi connectivity index (χ2v) is 4.34. The zero-order valence-electron chi connectivity index (χ0n) is 9.36. The number of carboxylic acids is 1. The van der Waals surface area contributed by atoms with E-state index in [0.717, 1.165) is 12.1 Å². The molecule has 2 rings (SSSR count). The third kappa shape index (κ3) is 2.29. The normalized spacial score (nSPS) is 18.8. The van der Waals surface area contributed by atoms with Crippen molar-refractivity contribution in [3.63, 3.8) is 0 Å². The molecule has 3 nitrogen and oxygen atoms in total. The molecule has 0 aliphatic carbocycles. The van der Waals surface area contributed by atoms with Gasteiger partial charge in [0.15, 0.2) is 11.6 Å². The molecule has 1 unspecified atom stereocenters. The van der Waals surface area contributed by atoms with E-state index in [9.17, 15) is 13.6 Å². The molecule has 1 heterocycles. The Morgan fingerprint density at radius 2 is 2.06 bits per heavy atom. The topological polar surface area (TPSA) is 40.5 Å². The van der Waals surface area contributed by atoms with E-state index in [4.69, 9.17) is 5.11 Å². The van der Waals surface area contributed by atoms with Crippen molar-refractivity contribution in [3.8, 4) is 0 Å². The van der Waals surface area contributed by atoms with Crippen molar-refractivity contribution >= 4 is 5.97 Å². The zero-order chi connectivity index (χ0) is 12.6. The van der Waals surface area contributed by atoms with Crippen LogP contribution in [0.1, 0.15) is 18.5 Å². The number of halogens is 2. The minimum absolute atomic E-state index is 0.0966. The Balaban J connectivity index is 2.03. The van der Waals surface area contributed by atoms with Crippen molar-refractivity contribution in [2.45, 2.75) is 13.0 Å². The van der Waals surface area contributed by atoms with E-state index in [1.165, 1.54) is 6.07 Å². The molecule has 0 aromatic heterocycles. The van der Waals surface area contributed by atoms with Gasteiger partial charge in [0, 0.05) is 19.1 Å². The largest absolute Gasteiger partial charge is 0.481 e. The van der Waals surface area contributed by atoms with Crippen LogP contribution >= 0.6 is 0 Å². The standard InChI is InChI=1S/C12H13F2NO2/c1-7(15-5-9(6-15)12(16)17)8-2-3-10(13)11(14)4-8/h2-4,7,9H,5-6H2,1H3,(H,16,17). The van der Waals surface area contributed by atoms with Gasteiger partial charge in [-0.2, -0.15) is 0 Å². The van der Waals surface area contributed by atoms with Crippen LogP contribution in [0.15, 0.2) is 18.2 Å². The fourth-order valence-electron chi connectivity index (χ4n) is 1.97. The molecule has 0 bridgehead atoms. The summed E-state index contributed by atoms with van der Waals surface area (Å²) < 4.78 is 25.8. The Bertz CT molecular complexity index is 444. The molecule has 1 aliphatic heterocycles. The Morgan fingerprint density at radius 3 is 2.59 bits per heavy atom. The van der Waals surface area contributed by atoms with Gasteiger partial charge in [-0.3, -0.25) is 9.69 Å². The lowest BCUT2D eigenvalue weighted by Crippen LogP contribution is -2.51. The molecular weight excluding hydrogens is 228 g/mol. The van der Waals surface area contributed by atoms with Gasteiger partial charge < -0.3 is 5.11 Å². The highest BCUT2D eigenvalue weighted by molar-refractivity contribution is 5.71. The van der Waals surface area contributed by atoms with Crippen molar-refractivity contribution in [1.82, 2.24) is 4.90 Å². The molecular formula is C12H13F2NO2. The van der Waals surface area contributed by atoms with E-state index in [-0.39, 0.29) is 12.0 Å². The average Bonchev–Trinajstić information content (AvgIpc) is 2.19. The SMILES string of the molecule is CC(c1ccc(F)c(F)c1)N1CC(C(=O)O)C1. The van der Waals surface area contributed by atoms with Gasteiger partial charge in [-0.05, 0) is 24.6 Å². The first-order valence-corrected chi connectivity index (χ1v) is 5.41. The number of benzene rings is 1. The van der Waals surface area contributed by atoms with Gasteiger partial charge in [0.05, 0.1) is 5.92 Å². The third-order valence-corrected chi connectivity index (χ3v) is 3.23. The van der Waals surface area contributed by atoms with E-state index in [1.54, 1.807) is 0 Å². The fourth-order valence-corrected chi connectivity index (χ4v) is 1.97. The molecule has 1 saturated heterocycles. The van der Waals surface area contributed by atoms with Crippen LogP contribution in [0.4, 0.5) is 8.78 Å². The molecule has 1 N–H and O–H groups in total. The maximum absolute atomic E-state index is 13.0. The van der Waals surface area contributed by atoms with Crippen LogP contribution in [0.25, 0.3) is 0 Å². The van der Waals surface area contributed by atoms with Crippen LogP contribution < -0.4 is 0 Å². The Hall–Kier alpha value is -1.49. The highest BCUT2D eigenvalue weighted by atomic mass is 19.2. The van der Waals surface area contributed by atoms with Gasteiger partial charge in [-0.15, -0.1) is 0 Å². The van der Waals surface area contributed by atoms with E-state index in [2.05, 4.69) is 0 Å². The Morgan fingerprint density at radius 1 is 1.41 bits per heavy atom. The summed E-state index contributed by atoms with van der Waals surface area (Å²) in [6.07, 6.45) is 0. The van der Waals surface area contributed by atoms with E-state index in [1.807, 2.05) is 11.8 Å². The Labute approximate surface area is 97.7 Å². The molecule has 17 heavy (non-hydrogen) atoms.